The molecule has 14 heavy (non-hydrogen) atoms. The molecule has 0 bridgehead atoms. The summed E-state index contributed by atoms with van der Waals surface area (Å²) in [4.78, 5) is 4.46. The van der Waals surface area contributed by atoms with Crippen molar-refractivity contribution in [3.8, 4) is 5.75 Å². The second-order valence-corrected chi connectivity index (χ2v) is 3.03. The Bertz CT molecular complexity index is 263. The zero-order chi connectivity index (χ0) is 10.2. The molecule has 3 heteroatoms. The van der Waals surface area contributed by atoms with E-state index < -0.39 is 0 Å². The average molecular weight is 195 g/mol. The van der Waals surface area contributed by atoms with Crippen molar-refractivity contribution in [2.75, 3.05) is 13.2 Å². The molecule has 0 heterocycles. The second kappa shape index (κ2) is 6.40. The molecule has 1 rings (SSSR count). The summed E-state index contributed by atoms with van der Waals surface area (Å²) in [5.74, 6) is 5.87. The number of benzene rings is 1. The standard InChI is InChI=1S/C11H17NO2/c1-2-10-6-3-4-7-11(10)13-8-5-9-14-12/h3-4,6-7H,2,5,8-9,12H2,1H3. The topological polar surface area (TPSA) is 44.5 Å². The van der Waals surface area contributed by atoms with Crippen LogP contribution < -0.4 is 10.6 Å². The number of hydrogen-bond acceptors (Lipinski definition) is 3. The van der Waals surface area contributed by atoms with E-state index in [9.17, 15) is 0 Å². The van der Waals surface area contributed by atoms with Crippen LogP contribution in [0.5, 0.6) is 5.75 Å². The smallest absolute Gasteiger partial charge is 0.122 e. The van der Waals surface area contributed by atoms with Crippen molar-refractivity contribution in [2.45, 2.75) is 19.8 Å². The summed E-state index contributed by atoms with van der Waals surface area (Å²) in [5, 5.41) is 0. The molecule has 0 radical (unpaired) electrons. The largest absolute Gasteiger partial charge is 0.493 e. The number of para-hydroxylation sites is 1. The Morgan fingerprint density at radius 1 is 1.21 bits per heavy atom. The van der Waals surface area contributed by atoms with Crippen LogP contribution in [0.1, 0.15) is 18.9 Å². The minimum Gasteiger partial charge on any atom is -0.493 e. The number of ether oxygens (including phenoxy) is 1. The van der Waals surface area contributed by atoms with Crippen LogP contribution in [0.15, 0.2) is 24.3 Å². The number of aryl methyl sites for hydroxylation is 1. The lowest BCUT2D eigenvalue weighted by atomic mass is 10.1. The van der Waals surface area contributed by atoms with E-state index in [1.165, 1.54) is 5.56 Å². The molecule has 0 amide bonds. The van der Waals surface area contributed by atoms with Gasteiger partial charge in [-0.1, -0.05) is 25.1 Å². The first-order valence-electron chi connectivity index (χ1n) is 4.91. The van der Waals surface area contributed by atoms with Gasteiger partial charge in [0.05, 0.1) is 13.2 Å². The molecular formula is C11H17NO2. The summed E-state index contributed by atoms with van der Waals surface area (Å²) in [5.41, 5.74) is 1.24. The van der Waals surface area contributed by atoms with E-state index in [1.807, 2.05) is 18.2 Å². The first kappa shape index (κ1) is 11.0. The third-order valence-corrected chi connectivity index (χ3v) is 2.02. The molecule has 0 atom stereocenters. The molecule has 0 aliphatic carbocycles. The second-order valence-electron chi connectivity index (χ2n) is 3.03. The van der Waals surface area contributed by atoms with Crippen molar-refractivity contribution in [2.24, 2.45) is 5.90 Å². The van der Waals surface area contributed by atoms with Gasteiger partial charge in [0.15, 0.2) is 0 Å². The van der Waals surface area contributed by atoms with Gasteiger partial charge in [-0.3, -0.25) is 0 Å². The molecule has 0 unspecified atom stereocenters. The van der Waals surface area contributed by atoms with Gasteiger partial charge in [-0.15, -0.1) is 0 Å². The van der Waals surface area contributed by atoms with Crippen LogP contribution in [0.25, 0.3) is 0 Å². The Balaban J connectivity index is 2.41. The fourth-order valence-corrected chi connectivity index (χ4v) is 1.26. The SMILES string of the molecule is CCc1ccccc1OCCCON. The number of nitrogens with two attached hydrogens (primary N) is 1. The molecule has 0 saturated heterocycles. The first-order valence-corrected chi connectivity index (χ1v) is 4.91. The van der Waals surface area contributed by atoms with Crippen LogP contribution in [0.4, 0.5) is 0 Å². The summed E-state index contributed by atoms with van der Waals surface area (Å²) in [6, 6.07) is 8.07. The molecule has 3 nitrogen and oxygen atoms in total. The monoisotopic (exact) mass is 195 g/mol. The highest BCUT2D eigenvalue weighted by Crippen LogP contribution is 2.18. The van der Waals surface area contributed by atoms with Crippen LogP contribution in [-0.4, -0.2) is 13.2 Å². The van der Waals surface area contributed by atoms with Gasteiger partial charge in [0.1, 0.15) is 5.75 Å². The zero-order valence-corrected chi connectivity index (χ0v) is 8.53. The van der Waals surface area contributed by atoms with Gasteiger partial charge in [0.25, 0.3) is 0 Å². The van der Waals surface area contributed by atoms with Gasteiger partial charge < -0.3 is 9.57 Å². The lowest BCUT2D eigenvalue weighted by Gasteiger charge is -2.09. The maximum Gasteiger partial charge on any atom is 0.122 e. The van der Waals surface area contributed by atoms with E-state index in [1.54, 1.807) is 0 Å². The highest BCUT2D eigenvalue weighted by Gasteiger charge is 1.99. The van der Waals surface area contributed by atoms with Gasteiger partial charge in [-0.25, -0.2) is 5.90 Å². The van der Waals surface area contributed by atoms with Crippen LogP contribution in [0, 0.1) is 0 Å². The zero-order valence-electron chi connectivity index (χ0n) is 8.53. The molecule has 0 saturated carbocycles. The average Bonchev–Trinajstić information content (AvgIpc) is 2.25. The lowest BCUT2D eigenvalue weighted by molar-refractivity contribution is 0.122. The van der Waals surface area contributed by atoms with E-state index in [4.69, 9.17) is 10.6 Å². The quantitative estimate of drug-likeness (QED) is 0.557. The van der Waals surface area contributed by atoms with E-state index >= 15 is 0 Å². The van der Waals surface area contributed by atoms with Gasteiger partial charge in [-0.05, 0) is 18.1 Å². The Morgan fingerprint density at radius 3 is 2.71 bits per heavy atom. The summed E-state index contributed by atoms with van der Waals surface area (Å²) < 4.78 is 5.59. The highest BCUT2D eigenvalue weighted by atomic mass is 16.6. The van der Waals surface area contributed by atoms with Crippen molar-refractivity contribution < 1.29 is 9.57 Å². The minimum atomic E-state index is 0.536. The summed E-state index contributed by atoms with van der Waals surface area (Å²) >= 11 is 0. The maximum absolute atomic E-state index is 5.59. The van der Waals surface area contributed by atoms with E-state index in [2.05, 4.69) is 17.8 Å². The molecule has 0 fully saturated rings. The van der Waals surface area contributed by atoms with Gasteiger partial charge in [0.2, 0.25) is 0 Å². The van der Waals surface area contributed by atoms with Crippen LogP contribution >= 0.6 is 0 Å². The van der Waals surface area contributed by atoms with Crippen LogP contribution in [-0.2, 0) is 11.3 Å². The number of rotatable bonds is 6. The highest BCUT2D eigenvalue weighted by molar-refractivity contribution is 5.33. The summed E-state index contributed by atoms with van der Waals surface area (Å²) in [7, 11) is 0. The Hall–Kier alpha value is -1.06. The van der Waals surface area contributed by atoms with Crippen molar-refractivity contribution in [3.05, 3.63) is 29.8 Å². The van der Waals surface area contributed by atoms with E-state index in [0.717, 1.165) is 18.6 Å². The fraction of sp³-hybridized carbons (Fsp3) is 0.455. The Labute approximate surface area is 84.8 Å². The van der Waals surface area contributed by atoms with Crippen LogP contribution in [0.3, 0.4) is 0 Å². The van der Waals surface area contributed by atoms with Gasteiger partial charge in [0, 0.05) is 6.42 Å². The molecule has 0 aliphatic rings. The predicted octanol–water partition coefficient (Wildman–Crippen LogP) is 1.91. The predicted molar refractivity (Wildman–Crippen MR) is 56.1 cm³/mol. The summed E-state index contributed by atoms with van der Waals surface area (Å²) in [6.45, 7) is 3.30. The van der Waals surface area contributed by atoms with E-state index in [0.29, 0.717) is 13.2 Å². The Morgan fingerprint density at radius 2 is 2.00 bits per heavy atom. The normalized spacial score (nSPS) is 10.1. The van der Waals surface area contributed by atoms with Gasteiger partial charge >= 0.3 is 0 Å². The van der Waals surface area contributed by atoms with Crippen LogP contribution in [0.2, 0.25) is 0 Å². The number of hydrogen-bond donors (Lipinski definition) is 1. The van der Waals surface area contributed by atoms with Crippen molar-refractivity contribution in [1.82, 2.24) is 0 Å². The van der Waals surface area contributed by atoms with Gasteiger partial charge in [-0.2, -0.15) is 0 Å². The molecule has 0 aliphatic heterocycles. The molecule has 78 valence electrons. The third-order valence-electron chi connectivity index (χ3n) is 2.02. The van der Waals surface area contributed by atoms with Crippen molar-refractivity contribution in [1.29, 1.82) is 0 Å². The molecular weight excluding hydrogens is 178 g/mol. The first-order chi connectivity index (χ1) is 6.88. The summed E-state index contributed by atoms with van der Waals surface area (Å²) in [6.07, 6.45) is 1.80. The third kappa shape index (κ3) is 3.36. The maximum atomic E-state index is 5.59. The molecule has 0 spiro atoms. The van der Waals surface area contributed by atoms with Crippen molar-refractivity contribution >= 4 is 0 Å². The lowest BCUT2D eigenvalue weighted by Crippen LogP contribution is -2.07. The Kier molecular flexibility index (Phi) is 5.04. The molecule has 2 N–H and O–H groups in total. The fourth-order valence-electron chi connectivity index (χ4n) is 1.26. The minimum absolute atomic E-state index is 0.536. The molecule has 1 aromatic rings. The molecule has 0 aromatic heterocycles. The van der Waals surface area contributed by atoms with Crippen molar-refractivity contribution in [3.63, 3.8) is 0 Å². The van der Waals surface area contributed by atoms with E-state index in [-0.39, 0.29) is 0 Å². The molecule has 1 aromatic carbocycles.